The van der Waals surface area contributed by atoms with E-state index >= 15 is 0 Å². The summed E-state index contributed by atoms with van der Waals surface area (Å²) in [5, 5.41) is 2.86. The van der Waals surface area contributed by atoms with Crippen LogP contribution in [0.5, 0.6) is 0 Å². The van der Waals surface area contributed by atoms with Crippen molar-refractivity contribution in [2.24, 2.45) is 28.6 Å². The second-order valence-electron chi connectivity index (χ2n) is 12.2. The molecule has 1 aliphatic heterocycles. The SMILES string of the molecule is COC(=O)C(C)NC(=O)C1=CC[C@H]2[C@@H]3CC=C4C=C(C(=O)N5CCCCC5)CC[C@]4(C)[C@H]3CC[C@]12C. The first kappa shape index (κ1) is 25.3. The molecular weight excluding hydrogens is 452 g/mol. The van der Waals surface area contributed by atoms with Gasteiger partial charge in [0.2, 0.25) is 11.8 Å². The number of esters is 1. The number of rotatable bonds is 4. The Bertz CT molecular complexity index is 1040. The molecular formula is C30H42N2O4. The number of allylic oxidation sites excluding steroid dienone is 4. The molecule has 0 spiro atoms. The molecule has 5 rings (SSSR count). The lowest BCUT2D eigenvalue weighted by atomic mass is 9.48. The highest BCUT2D eigenvalue weighted by Crippen LogP contribution is 2.64. The Labute approximate surface area is 215 Å². The van der Waals surface area contributed by atoms with Crippen LogP contribution in [0.4, 0.5) is 0 Å². The number of ether oxygens (including phenoxy) is 1. The van der Waals surface area contributed by atoms with Gasteiger partial charge in [0.15, 0.2) is 0 Å². The van der Waals surface area contributed by atoms with Crippen LogP contribution in [-0.2, 0) is 19.1 Å². The van der Waals surface area contributed by atoms with Gasteiger partial charge in [-0.3, -0.25) is 9.59 Å². The fourth-order valence-corrected chi connectivity index (χ4v) is 8.22. The zero-order valence-electron chi connectivity index (χ0n) is 22.4. The lowest BCUT2D eigenvalue weighted by Crippen LogP contribution is -2.50. The monoisotopic (exact) mass is 494 g/mol. The maximum absolute atomic E-state index is 13.2. The first-order valence-electron chi connectivity index (χ1n) is 14.0. The summed E-state index contributed by atoms with van der Waals surface area (Å²) in [5.41, 5.74) is 3.15. The molecule has 1 N–H and O–H groups in total. The molecule has 0 aromatic carbocycles. The fraction of sp³-hybridized carbons (Fsp3) is 0.700. The van der Waals surface area contributed by atoms with Crippen molar-refractivity contribution in [3.05, 3.63) is 34.9 Å². The van der Waals surface area contributed by atoms with E-state index in [2.05, 4.69) is 42.3 Å². The Kier molecular flexibility index (Phi) is 6.67. The van der Waals surface area contributed by atoms with E-state index in [-0.39, 0.29) is 22.6 Å². The number of methoxy groups -OCH3 is 1. The molecule has 1 saturated carbocycles. The highest BCUT2D eigenvalue weighted by molar-refractivity contribution is 5.97. The Morgan fingerprint density at radius 2 is 1.78 bits per heavy atom. The highest BCUT2D eigenvalue weighted by atomic mass is 16.5. The molecule has 1 unspecified atom stereocenters. The first-order chi connectivity index (χ1) is 17.2. The number of fused-ring (bicyclic) bond motifs is 5. The lowest BCUT2D eigenvalue weighted by Gasteiger charge is -2.56. The maximum atomic E-state index is 13.2. The molecule has 4 aliphatic carbocycles. The quantitative estimate of drug-likeness (QED) is 0.574. The van der Waals surface area contributed by atoms with Crippen molar-refractivity contribution in [1.82, 2.24) is 10.2 Å². The summed E-state index contributed by atoms with van der Waals surface area (Å²) >= 11 is 0. The fourth-order valence-electron chi connectivity index (χ4n) is 8.22. The minimum Gasteiger partial charge on any atom is -0.467 e. The molecule has 1 heterocycles. The first-order valence-corrected chi connectivity index (χ1v) is 14.0. The zero-order chi connectivity index (χ0) is 25.7. The zero-order valence-corrected chi connectivity index (χ0v) is 22.4. The number of amides is 2. The van der Waals surface area contributed by atoms with Gasteiger partial charge in [-0.2, -0.15) is 0 Å². The maximum Gasteiger partial charge on any atom is 0.328 e. The summed E-state index contributed by atoms with van der Waals surface area (Å²) in [6.45, 7) is 8.15. The molecule has 196 valence electrons. The average molecular weight is 495 g/mol. The Morgan fingerprint density at radius 1 is 1.03 bits per heavy atom. The van der Waals surface area contributed by atoms with Gasteiger partial charge < -0.3 is 15.0 Å². The van der Waals surface area contributed by atoms with E-state index < -0.39 is 12.0 Å². The van der Waals surface area contributed by atoms with Crippen LogP contribution >= 0.6 is 0 Å². The van der Waals surface area contributed by atoms with Gasteiger partial charge in [-0.05, 0) is 93.5 Å². The number of hydrogen-bond acceptors (Lipinski definition) is 4. The Balaban J connectivity index is 1.33. The molecule has 6 nitrogen and oxygen atoms in total. The molecule has 0 aromatic rings. The predicted molar refractivity (Wildman–Crippen MR) is 139 cm³/mol. The third kappa shape index (κ3) is 4.05. The molecule has 2 amide bonds. The third-order valence-electron chi connectivity index (χ3n) is 10.4. The van der Waals surface area contributed by atoms with Crippen LogP contribution < -0.4 is 5.32 Å². The summed E-state index contributed by atoms with van der Waals surface area (Å²) in [5.74, 6) is 1.24. The minimum atomic E-state index is -0.655. The third-order valence-corrected chi connectivity index (χ3v) is 10.4. The van der Waals surface area contributed by atoms with Gasteiger partial charge in [0, 0.05) is 29.7 Å². The summed E-state index contributed by atoms with van der Waals surface area (Å²) < 4.78 is 4.79. The van der Waals surface area contributed by atoms with Crippen LogP contribution in [-0.4, -0.2) is 48.9 Å². The van der Waals surface area contributed by atoms with Gasteiger partial charge in [-0.15, -0.1) is 0 Å². The van der Waals surface area contributed by atoms with Crippen LogP contribution in [0.1, 0.15) is 78.6 Å². The van der Waals surface area contributed by atoms with Crippen molar-refractivity contribution < 1.29 is 19.1 Å². The van der Waals surface area contributed by atoms with E-state index in [0.717, 1.165) is 75.6 Å². The van der Waals surface area contributed by atoms with Crippen molar-refractivity contribution in [1.29, 1.82) is 0 Å². The van der Waals surface area contributed by atoms with Crippen molar-refractivity contribution >= 4 is 17.8 Å². The number of piperidine rings is 1. The largest absolute Gasteiger partial charge is 0.467 e. The van der Waals surface area contributed by atoms with Crippen LogP contribution in [0.15, 0.2) is 34.9 Å². The number of likely N-dealkylation sites (tertiary alicyclic amines) is 1. The second-order valence-corrected chi connectivity index (χ2v) is 12.2. The Morgan fingerprint density at radius 3 is 2.50 bits per heavy atom. The lowest BCUT2D eigenvalue weighted by molar-refractivity contribution is -0.144. The number of nitrogens with zero attached hydrogens (tertiary/aromatic N) is 1. The van der Waals surface area contributed by atoms with Gasteiger partial charge >= 0.3 is 5.97 Å². The number of nitrogens with one attached hydrogen (secondary N) is 1. The predicted octanol–water partition coefficient (Wildman–Crippen LogP) is 4.71. The van der Waals surface area contributed by atoms with E-state index in [9.17, 15) is 14.4 Å². The van der Waals surface area contributed by atoms with E-state index in [0.29, 0.717) is 17.8 Å². The van der Waals surface area contributed by atoms with Gasteiger partial charge in [0.1, 0.15) is 6.04 Å². The molecule has 0 radical (unpaired) electrons. The van der Waals surface area contributed by atoms with Crippen LogP contribution in [0, 0.1) is 28.6 Å². The van der Waals surface area contributed by atoms with Crippen LogP contribution in [0.2, 0.25) is 0 Å². The molecule has 1 saturated heterocycles. The Hall–Kier alpha value is -2.37. The molecule has 5 aliphatic rings. The summed E-state index contributed by atoms with van der Waals surface area (Å²) in [7, 11) is 1.34. The number of carbonyl (C=O) groups is 3. The average Bonchev–Trinajstić information content (AvgIpc) is 3.25. The molecule has 6 atom stereocenters. The van der Waals surface area contributed by atoms with Crippen molar-refractivity contribution in [2.45, 2.75) is 84.6 Å². The van der Waals surface area contributed by atoms with Crippen molar-refractivity contribution in [3.8, 4) is 0 Å². The molecule has 2 fully saturated rings. The van der Waals surface area contributed by atoms with Crippen LogP contribution in [0.25, 0.3) is 0 Å². The van der Waals surface area contributed by atoms with E-state index in [1.54, 1.807) is 6.92 Å². The second kappa shape index (κ2) is 9.50. The normalized spacial score (nSPS) is 36.3. The topological polar surface area (TPSA) is 75.7 Å². The number of hydrogen-bond donors (Lipinski definition) is 1. The number of carbonyl (C=O) groups excluding carboxylic acids is 3. The summed E-state index contributed by atoms with van der Waals surface area (Å²) in [6, 6.07) is -0.655. The van der Waals surface area contributed by atoms with Crippen LogP contribution in [0.3, 0.4) is 0 Å². The molecule has 0 aromatic heterocycles. The molecule has 6 heteroatoms. The molecule has 0 bridgehead atoms. The van der Waals surface area contributed by atoms with Gasteiger partial charge in [-0.25, -0.2) is 4.79 Å². The summed E-state index contributed by atoms with van der Waals surface area (Å²) in [6.07, 6.45) is 16.2. The minimum absolute atomic E-state index is 0.0976. The summed E-state index contributed by atoms with van der Waals surface area (Å²) in [4.78, 5) is 40.3. The molecule has 36 heavy (non-hydrogen) atoms. The smallest absolute Gasteiger partial charge is 0.328 e. The van der Waals surface area contributed by atoms with Gasteiger partial charge in [0.25, 0.3) is 0 Å². The van der Waals surface area contributed by atoms with Gasteiger partial charge in [-0.1, -0.05) is 32.1 Å². The van der Waals surface area contributed by atoms with E-state index in [1.165, 1.54) is 19.1 Å². The van der Waals surface area contributed by atoms with E-state index in [1.807, 2.05) is 0 Å². The highest BCUT2D eigenvalue weighted by Gasteiger charge is 2.57. The van der Waals surface area contributed by atoms with Crippen molar-refractivity contribution in [3.63, 3.8) is 0 Å². The van der Waals surface area contributed by atoms with Crippen molar-refractivity contribution in [2.75, 3.05) is 20.2 Å². The van der Waals surface area contributed by atoms with E-state index in [4.69, 9.17) is 4.74 Å². The standard InChI is InChI=1S/C30H42N2O4/c1-19(28(35)36-4)31-26(33)25-11-10-23-22-9-8-21-18-20(27(34)32-16-6-5-7-17-32)12-14-29(21,2)24(22)13-15-30(23,25)3/h8,11,18-19,22-24H,5-7,9-10,12-17H2,1-4H3,(H,31,33)/t19?,22-,23-,24-,29-,30-/m0/s1. The van der Waals surface area contributed by atoms with Gasteiger partial charge in [0.05, 0.1) is 7.11 Å².